The molecule has 0 aliphatic rings. The molecule has 1 rings (SSSR count). The SMILES string of the molecule is COc1ccc(NN=CC(=O)O)cc1. The lowest BCUT2D eigenvalue weighted by molar-refractivity contribution is -0.128. The summed E-state index contributed by atoms with van der Waals surface area (Å²) < 4.78 is 4.95. The van der Waals surface area contributed by atoms with Gasteiger partial charge in [0, 0.05) is 0 Å². The van der Waals surface area contributed by atoms with Crippen molar-refractivity contribution in [1.82, 2.24) is 0 Å². The number of carbonyl (C=O) groups is 1. The third kappa shape index (κ3) is 3.14. The molecule has 0 aliphatic heterocycles. The maximum atomic E-state index is 10.1. The lowest BCUT2D eigenvalue weighted by atomic mass is 10.3. The molecule has 5 nitrogen and oxygen atoms in total. The predicted molar refractivity (Wildman–Crippen MR) is 52.7 cm³/mol. The van der Waals surface area contributed by atoms with Gasteiger partial charge in [0.05, 0.1) is 12.8 Å². The normalized spacial score (nSPS) is 10.1. The van der Waals surface area contributed by atoms with E-state index < -0.39 is 5.97 Å². The van der Waals surface area contributed by atoms with Gasteiger partial charge in [0.1, 0.15) is 12.0 Å². The van der Waals surface area contributed by atoms with E-state index in [0.717, 1.165) is 12.0 Å². The Balaban J connectivity index is 2.56. The van der Waals surface area contributed by atoms with Crippen LogP contribution in [0.1, 0.15) is 0 Å². The van der Waals surface area contributed by atoms with Gasteiger partial charge < -0.3 is 9.84 Å². The third-order valence-electron chi connectivity index (χ3n) is 1.46. The van der Waals surface area contributed by atoms with Gasteiger partial charge in [-0.15, -0.1) is 0 Å². The minimum absolute atomic E-state index is 0.698. The summed E-state index contributed by atoms with van der Waals surface area (Å²) in [6, 6.07) is 6.97. The molecule has 0 radical (unpaired) electrons. The summed E-state index contributed by atoms with van der Waals surface area (Å²) in [5.41, 5.74) is 3.26. The van der Waals surface area contributed by atoms with Crippen molar-refractivity contribution in [2.75, 3.05) is 12.5 Å². The van der Waals surface area contributed by atoms with Crippen LogP contribution in [-0.2, 0) is 4.79 Å². The van der Waals surface area contributed by atoms with E-state index in [1.54, 1.807) is 31.4 Å². The molecular weight excluding hydrogens is 184 g/mol. The van der Waals surface area contributed by atoms with Crippen molar-refractivity contribution in [3.63, 3.8) is 0 Å². The molecule has 0 atom stereocenters. The highest BCUT2D eigenvalue weighted by Gasteiger charge is 1.91. The topological polar surface area (TPSA) is 70.9 Å². The van der Waals surface area contributed by atoms with Crippen molar-refractivity contribution in [3.05, 3.63) is 24.3 Å². The molecule has 1 aromatic carbocycles. The molecule has 0 aromatic heterocycles. The largest absolute Gasteiger partial charge is 0.497 e. The summed E-state index contributed by atoms with van der Waals surface area (Å²) in [7, 11) is 1.57. The van der Waals surface area contributed by atoms with Crippen molar-refractivity contribution >= 4 is 17.9 Å². The molecule has 0 fully saturated rings. The highest BCUT2D eigenvalue weighted by atomic mass is 16.5. The van der Waals surface area contributed by atoms with Gasteiger partial charge in [0.25, 0.3) is 0 Å². The van der Waals surface area contributed by atoms with E-state index in [9.17, 15) is 4.79 Å². The number of carboxylic acids is 1. The number of nitrogens with zero attached hydrogens (tertiary/aromatic N) is 1. The molecule has 2 N–H and O–H groups in total. The summed E-state index contributed by atoms with van der Waals surface area (Å²) in [5, 5.41) is 11.7. The van der Waals surface area contributed by atoms with Crippen LogP contribution in [0.5, 0.6) is 5.75 Å². The lowest BCUT2D eigenvalue weighted by Crippen LogP contribution is -1.98. The van der Waals surface area contributed by atoms with Crippen LogP contribution in [0.2, 0.25) is 0 Å². The Morgan fingerprint density at radius 3 is 2.64 bits per heavy atom. The van der Waals surface area contributed by atoms with E-state index in [0.29, 0.717) is 5.69 Å². The molecular formula is C9H10N2O3. The zero-order chi connectivity index (χ0) is 10.4. The predicted octanol–water partition coefficient (Wildman–Crippen LogP) is 1.18. The Morgan fingerprint density at radius 1 is 1.50 bits per heavy atom. The fourth-order valence-corrected chi connectivity index (χ4v) is 0.828. The number of aliphatic carboxylic acids is 1. The number of anilines is 1. The standard InChI is InChI=1S/C9H10N2O3/c1-14-8-4-2-7(3-5-8)11-10-6-9(12)13/h2-6,11H,1H3,(H,12,13). The molecule has 0 amide bonds. The number of hydrogen-bond acceptors (Lipinski definition) is 4. The fraction of sp³-hybridized carbons (Fsp3) is 0.111. The molecule has 0 bridgehead atoms. The zero-order valence-electron chi connectivity index (χ0n) is 7.60. The summed E-state index contributed by atoms with van der Waals surface area (Å²) in [6.07, 6.45) is 0.782. The molecule has 5 heteroatoms. The number of rotatable bonds is 4. The van der Waals surface area contributed by atoms with Gasteiger partial charge in [-0.2, -0.15) is 5.10 Å². The Hall–Kier alpha value is -2.04. The van der Waals surface area contributed by atoms with Gasteiger partial charge in [-0.25, -0.2) is 4.79 Å². The maximum Gasteiger partial charge on any atom is 0.348 e. The van der Waals surface area contributed by atoms with Crippen LogP contribution in [0.15, 0.2) is 29.4 Å². The monoisotopic (exact) mass is 194 g/mol. The van der Waals surface area contributed by atoms with Gasteiger partial charge >= 0.3 is 5.97 Å². The quantitative estimate of drug-likeness (QED) is 0.557. The molecule has 0 saturated carbocycles. The highest BCUT2D eigenvalue weighted by molar-refractivity contribution is 6.22. The molecule has 14 heavy (non-hydrogen) atoms. The van der Waals surface area contributed by atoms with Gasteiger partial charge in [-0.1, -0.05) is 0 Å². The summed E-state index contributed by atoms with van der Waals surface area (Å²) in [4.78, 5) is 10.1. The number of methoxy groups -OCH3 is 1. The van der Waals surface area contributed by atoms with Crippen LogP contribution < -0.4 is 10.2 Å². The molecule has 0 spiro atoms. The number of hydrogen-bond donors (Lipinski definition) is 2. The number of benzene rings is 1. The van der Waals surface area contributed by atoms with Crippen LogP contribution in [0.25, 0.3) is 0 Å². The smallest absolute Gasteiger partial charge is 0.348 e. The first-order valence-electron chi connectivity index (χ1n) is 3.88. The molecule has 0 saturated heterocycles. The van der Waals surface area contributed by atoms with E-state index in [1.165, 1.54) is 0 Å². The Kier molecular flexibility index (Phi) is 3.49. The van der Waals surface area contributed by atoms with Crippen LogP contribution in [-0.4, -0.2) is 24.4 Å². The van der Waals surface area contributed by atoms with Gasteiger partial charge in [-0.05, 0) is 24.3 Å². The average Bonchev–Trinajstić information content (AvgIpc) is 2.18. The van der Waals surface area contributed by atoms with E-state index in [-0.39, 0.29) is 0 Å². The average molecular weight is 194 g/mol. The van der Waals surface area contributed by atoms with Gasteiger partial charge in [0.2, 0.25) is 0 Å². The number of nitrogens with one attached hydrogen (secondary N) is 1. The van der Waals surface area contributed by atoms with Gasteiger partial charge in [-0.3, -0.25) is 5.43 Å². The zero-order valence-corrected chi connectivity index (χ0v) is 7.60. The first kappa shape index (κ1) is 10.0. The van der Waals surface area contributed by atoms with Crippen molar-refractivity contribution in [3.8, 4) is 5.75 Å². The van der Waals surface area contributed by atoms with E-state index in [2.05, 4.69) is 10.5 Å². The number of hydrazone groups is 1. The van der Waals surface area contributed by atoms with Crippen LogP contribution in [0, 0.1) is 0 Å². The van der Waals surface area contributed by atoms with Crippen molar-refractivity contribution in [1.29, 1.82) is 0 Å². The first-order chi connectivity index (χ1) is 6.72. The minimum Gasteiger partial charge on any atom is -0.497 e. The van der Waals surface area contributed by atoms with Gasteiger partial charge in [0.15, 0.2) is 0 Å². The second kappa shape index (κ2) is 4.86. The third-order valence-corrected chi connectivity index (χ3v) is 1.46. The minimum atomic E-state index is -1.09. The molecule has 0 unspecified atom stereocenters. The highest BCUT2D eigenvalue weighted by Crippen LogP contribution is 2.14. The van der Waals surface area contributed by atoms with Crippen molar-refractivity contribution in [2.45, 2.75) is 0 Å². The van der Waals surface area contributed by atoms with E-state index in [1.807, 2.05) is 0 Å². The number of carboxylic acid groups (broad SMARTS) is 1. The second-order valence-corrected chi connectivity index (χ2v) is 2.44. The summed E-state index contributed by atoms with van der Waals surface area (Å²) >= 11 is 0. The van der Waals surface area contributed by atoms with Crippen LogP contribution >= 0.6 is 0 Å². The van der Waals surface area contributed by atoms with E-state index in [4.69, 9.17) is 9.84 Å². The molecule has 0 heterocycles. The Morgan fingerprint density at radius 2 is 2.14 bits per heavy atom. The Labute approximate surface area is 81.0 Å². The molecule has 1 aromatic rings. The molecule has 74 valence electrons. The second-order valence-electron chi connectivity index (χ2n) is 2.44. The van der Waals surface area contributed by atoms with Crippen molar-refractivity contribution < 1.29 is 14.6 Å². The number of ether oxygens (including phenoxy) is 1. The lowest BCUT2D eigenvalue weighted by Gasteiger charge is -2.01. The molecule has 0 aliphatic carbocycles. The van der Waals surface area contributed by atoms with Crippen molar-refractivity contribution in [2.24, 2.45) is 5.10 Å². The first-order valence-corrected chi connectivity index (χ1v) is 3.88. The fourth-order valence-electron chi connectivity index (χ4n) is 0.828. The van der Waals surface area contributed by atoms with Crippen LogP contribution in [0.4, 0.5) is 5.69 Å². The maximum absolute atomic E-state index is 10.1. The summed E-state index contributed by atoms with van der Waals surface area (Å²) in [6.45, 7) is 0. The van der Waals surface area contributed by atoms with E-state index >= 15 is 0 Å². The summed E-state index contributed by atoms with van der Waals surface area (Å²) in [5.74, 6) is -0.358. The Bertz CT molecular complexity index is 332. The van der Waals surface area contributed by atoms with Crippen LogP contribution in [0.3, 0.4) is 0 Å².